The maximum atomic E-state index is 6.17. The molecule has 1 aliphatic carbocycles. The standard InChI is InChI=1S/C19H28BN3O2/c1-18(2)19(3,4)25-20(24-18)12-6-8-15(21-5)16(10-12)22-11-17-13-7-9-14(13)23-17/h6,8,10,13-14,17,22-23H,5,7,9,11H2,1-4H3/t13-,14?,17?/m0/s1. The number of benzene rings is 1. The van der Waals surface area contributed by atoms with Crippen LogP contribution in [0.5, 0.6) is 0 Å². The molecule has 2 aliphatic heterocycles. The van der Waals surface area contributed by atoms with Gasteiger partial charge >= 0.3 is 7.12 Å². The molecule has 2 saturated heterocycles. The zero-order chi connectivity index (χ0) is 17.8. The molecule has 3 fully saturated rings. The number of nitrogens with zero attached hydrogens (tertiary/aromatic N) is 1. The largest absolute Gasteiger partial charge is 0.494 e. The van der Waals surface area contributed by atoms with E-state index in [2.05, 4.69) is 56.1 Å². The molecule has 3 aliphatic rings. The Balaban J connectivity index is 1.49. The van der Waals surface area contributed by atoms with Crippen molar-refractivity contribution in [3.8, 4) is 0 Å². The number of fused-ring (bicyclic) bond motifs is 1. The van der Waals surface area contributed by atoms with Gasteiger partial charge in [0.05, 0.1) is 22.6 Å². The fourth-order valence-electron chi connectivity index (χ4n) is 3.88. The summed E-state index contributed by atoms with van der Waals surface area (Å²) in [4.78, 5) is 4.15. The molecule has 0 radical (unpaired) electrons. The van der Waals surface area contributed by atoms with E-state index in [1.54, 1.807) is 0 Å². The minimum atomic E-state index is -0.359. The molecule has 5 nitrogen and oxygen atoms in total. The Morgan fingerprint density at radius 1 is 1.24 bits per heavy atom. The molecule has 0 spiro atoms. The third-order valence-corrected chi connectivity index (χ3v) is 6.50. The van der Waals surface area contributed by atoms with Gasteiger partial charge in [-0.05, 0) is 70.8 Å². The van der Waals surface area contributed by atoms with Crippen molar-refractivity contribution in [3.63, 3.8) is 0 Å². The second-order valence-corrected chi connectivity index (χ2v) is 8.52. The normalized spacial score (nSPS) is 31.7. The number of rotatable bonds is 5. The molecule has 2 unspecified atom stereocenters. The predicted octanol–water partition coefficient (Wildman–Crippen LogP) is 2.48. The molecule has 2 heterocycles. The van der Waals surface area contributed by atoms with Gasteiger partial charge in [0.1, 0.15) is 0 Å². The summed E-state index contributed by atoms with van der Waals surface area (Å²) in [6.07, 6.45) is 2.68. The molecule has 1 saturated carbocycles. The molecular formula is C19H28BN3O2. The Morgan fingerprint density at radius 2 is 1.96 bits per heavy atom. The van der Waals surface area contributed by atoms with Crippen molar-refractivity contribution in [3.05, 3.63) is 18.2 Å². The van der Waals surface area contributed by atoms with Crippen LogP contribution in [0.3, 0.4) is 0 Å². The van der Waals surface area contributed by atoms with Crippen molar-refractivity contribution < 1.29 is 9.31 Å². The van der Waals surface area contributed by atoms with Crippen LogP contribution < -0.4 is 16.1 Å². The van der Waals surface area contributed by atoms with E-state index in [0.29, 0.717) is 6.04 Å². The van der Waals surface area contributed by atoms with E-state index in [9.17, 15) is 0 Å². The summed E-state index contributed by atoms with van der Waals surface area (Å²) in [5.74, 6) is 0.846. The van der Waals surface area contributed by atoms with E-state index < -0.39 is 0 Å². The molecule has 1 aromatic carbocycles. The Morgan fingerprint density at radius 3 is 2.48 bits per heavy atom. The lowest BCUT2D eigenvalue weighted by Crippen LogP contribution is -2.68. The van der Waals surface area contributed by atoms with Gasteiger partial charge in [-0.15, -0.1) is 0 Å². The van der Waals surface area contributed by atoms with Crippen LogP contribution in [0.2, 0.25) is 0 Å². The molecule has 0 bridgehead atoms. The fraction of sp³-hybridized carbons (Fsp3) is 0.632. The third-order valence-electron chi connectivity index (χ3n) is 6.50. The molecule has 1 aromatic rings. The number of aliphatic imine (C=N–C) groups is 1. The molecule has 25 heavy (non-hydrogen) atoms. The Bertz CT molecular complexity index is 675. The Hall–Kier alpha value is -1.37. The zero-order valence-corrected chi connectivity index (χ0v) is 15.6. The molecule has 2 N–H and O–H groups in total. The summed E-state index contributed by atoms with van der Waals surface area (Å²) < 4.78 is 12.3. The second kappa shape index (κ2) is 5.83. The highest BCUT2D eigenvalue weighted by Crippen LogP contribution is 2.39. The van der Waals surface area contributed by atoms with Gasteiger partial charge in [-0.25, -0.2) is 0 Å². The summed E-state index contributed by atoms with van der Waals surface area (Å²) in [6, 6.07) is 7.41. The summed E-state index contributed by atoms with van der Waals surface area (Å²) >= 11 is 0. The molecular weight excluding hydrogens is 313 g/mol. The fourth-order valence-corrected chi connectivity index (χ4v) is 3.88. The molecule has 6 heteroatoms. The average Bonchev–Trinajstić information content (AvgIpc) is 2.76. The highest BCUT2D eigenvalue weighted by molar-refractivity contribution is 6.62. The molecule has 0 aromatic heterocycles. The van der Waals surface area contributed by atoms with Crippen LogP contribution in [-0.2, 0) is 9.31 Å². The van der Waals surface area contributed by atoms with Crippen molar-refractivity contribution in [2.45, 2.75) is 63.8 Å². The Kier molecular flexibility index (Phi) is 3.98. The van der Waals surface area contributed by atoms with Gasteiger partial charge in [-0.2, -0.15) is 0 Å². The first kappa shape index (κ1) is 17.1. The van der Waals surface area contributed by atoms with Crippen LogP contribution >= 0.6 is 0 Å². The number of anilines is 1. The predicted molar refractivity (Wildman–Crippen MR) is 103 cm³/mol. The first-order valence-electron chi connectivity index (χ1n) is 9.27. The van der Waals surface area contributed by atoms with Gasteiger partial charge in [0.25, 0.3) is 0 Å². The van der Waals surface area contributed by atoms with Crippen molar-refractivity contribution in [1.82, 2.24) is 5.32 Å². The number of piperidine rings is 1. The van der Waals surface area contributed by atoms with Crippen LogP contribution in [0.4, 0.5) is 11.4 Å². The third kappa shape index (κ3) is 2.80. The molecule has 4 rings (SSSR count). The van der Waals surface area contributed by atoms with E-state index in [1.807, 2.05) is 12.1 Å². The Labute approximate surface area is 150 Å². The second-order valence-electron chi connectivity index (χ2n) is 8.52. The first-order chi connectivity index (χ1) is 11.8. The van der Waals surface area contributed by atoms with Gasteiger partial charge in [0.15, 0.2) is 0 Å². The van der Waals surface area contributed by atoms with Crippen LogP contribution in [-0.4, -0.2) is 43.7 Å². The monoisotopic (exact) mass is 341 g/mol. The van der Waals surface area contributed by atoms with Gasteiger partial charge in [-0.1, -0.05) is 6.07 Å². The SMILES string of the molecule is C=Nc1ccc(B2OC(C)(C)C(C)(C)O2)cc1NCC1NC2CC[C@@H]21. The smallest absolute Gasteiger partial charge is 0.399 e. The number of hydrogen-bond donors (Lipinski definition) is 2. The minimum absolute atomic E-state index is 0.338. The van der Waals surface area contributed by atoms with E-state index in [0.717, 1.165) is 35.3 Å². The summed E-state index contributed by atoms with van der Waals surface area (Å²) in [6.45, 7) is 12.9. The van der Waals surface area contributed by atoms with Gasteiger partial charge < -0.3 is 19.9 Å². The van der Waals surface area contributed by atoms with Crippen LogP contribution in [0, 0.1) is 5.92 Å². The van der Waals surface area contributed by atoms with E-state index in [-0.39, 0.29) is 18.3 Å². The quantitative estimate of drug-likeness (QED) is 0.638. The van der Waals surface area contributed by atoms with Crippen molar-refractivity contribution in [1.29, 1.82) is 0 Å². The van der Waals surface area contributed by atoms with E-state index in [1.165, 1.54) is 12.8 Å². The maximum Gasteiger partial charge on any atom is 0.494 e. The van der Waals surface area contributed by atoms with Crippen molar-refractivity contribution >= 4 is 30.7 Å². The molecule has 3 atom stereocenters. The highest BCUT2D eigenvalue weighted by atomic mass is 16.7. The topological polar surface area (TPSA) is 54.9 Å². The van der Waals surface area contributed by atoms with E-state index >= 15 is 0 Å². The highest BCUT2D eigenvalue weighted by Gasteiger charge is 2.51. The van der Waals surface area contributed by atoms with Crippen molar-refractivity contribution in [2.24, 2.45) is 10.9 Å². The van der Waals surface area contributed by atoms with Gasteiger partial charge in [0, 0.05) is 18.6 Å². The van der Waals surface area contributed by atoms with Gasteiger partial charge in [-0.3, -0.25) is 4.99 Å². The lowest BCUT2D eigenvalue weighted by molar-refractivity contribution is 0.00578. The minimum Gasteiger partial charge on any atom is -0.399 e. The molecule has 134 valence electrons. The van der Waals surface area contributed by atoms with Crippen LogP contribution in [0.1, 0.15) is 40.5 Å². The van der Waals surface area contributed by atoms with E-state index in [4.69, 9.17) is 9.31 Å². The number of hydrogen-bond acceptors (Lipinski definition) is 5. The van der Waals surface area contributed by atoms with Gasteiger partial charge in [0.2, 0.25) is 0 Å². The number of nitrogens with one attached hydrogen (secondary N) is 2. The first-order valence-corrected chi connectivity index (χ1v) is 9.27. The lowest BCUT2D eigenvalue weighted by Gasteiger charge is -2.54. The molecule has 0 amide bonds. The zero-order valence-electron chi connectivity index (χ0n) is 15.6. The maximum absolute atomic E-state index is 6.17. The average molecular weight is 341 g/mol. The van der Waals surface area contributed by atoms with Crippen molar-refractivity contribution in [2.75, 3.05) is 11.9 Å². The van der Waals surface area contributed by atoms with Crippen LogP contribution in [0.25, 0.3) is 0 Å². The summed E-state index contributed by atoms with van der Waals surface area (Å²) in [5, 5.41) is 7.17. The van der Waals surface area contributed by atoms with Crippen LogP contribution in [0.15, 0.2) is 23.2 Å². The summed E-state index contributed by atoms with van der Waals surface area (Å²) in [5.41, 5.74) is 2.19. The lowest BCUT2D eigenvalue weighted by atomic mass is 9.67. The summed E-state index contributed by atoms with van der Waals surface area (Å²) in [7, 11) is -0.359.